The minimum Gasteiger partial charge on any atom is -0.463 e. The van der Waals surface area contributed by atoms with E-state index in [1.807, 2.05) is 6.07 Å². The Balaban J connectivity index is 1.58. The Bertz CT molecular complexity index is 1680. The van der Waals surface area contributed by atoms with Crippen LogP contribution < -0.4 is 11.1 Å². The fourth-order valence-electron chi connectivity index (χ4n) is 4.71. The summed E-state index contributed by atoms with van der Waals surface area (Å²) in [6.45, 7) is 7.23. The van der Waals surface area contributed by atoms with Crippen LogP contribution in [0.4, 0.5) is 10.6 Å². The lowest BCUT2D eigenvalue weighted by Gasteiger charge is -2.25. The number of carbonyl (C=O) groups is 4. The highest BCUT2D eigenvalue weighted by Crippen LogP contribution is 2.42. The number of carbonyl (C=O) groups excluding carboxylic acids is 4. The van der Waals surface area contributed by atoms with E-state index in [-0.39, 0.29) is 29.4 Å². The van der Waals surface area contributed by atoms with Crippen molar-refractivity contribution in [1.82, 2.24) is 14.6 Å². The average molecular weight is 667 g/mol. The van der Waals surface area contributed by atoms with Crippen LogP contribution in [0.3, 0.4) is 0 Å². The van der Waals surface area contributed by atoms with Gasteiger partial charge in [-0.2, -0.15) is 10.4 Å². The summed E-state index contributed by atoms with van der Waals surface area (Å²) in [5.41, 5.74) is 3.83. The third-order valence-corrected chi connectivity index (χ3v) is 7.49. The number of esters is 3. The van der Waals surface area contributed by atoms with Crippen molar-refractivity contribution < 1.29 is 48.0 Å². The van der Waals surface area contributed by atoms with Crippen LogP contribution in [-0.2, 0) is 50.1 Å². The number of amides is 1. The van der Waals surface area contributed by atoms with Gasteiger partial charge in [0.15, 0.2) is 11.9 Å². The minimum absolute atomic E-state index is 0.0160. The summed E-state index contributed by atoms with van der Waals surface area (Å²) in [4.78, 5) is 54.0. The first-order chi connectivity index (χ1) is 22.7. The first-order valence-electron chi connectivity index (χ1n) is 15.0. The van der Waals surface area contributed by atoms with Gasteiger partial charge < -0.3 is 34.5 Å². The van der Waals surface area contributed by atoms with Crippen LogP contribution >= 0.6 is 0 Å². The van der Waals surface area contributed by atoms with E-state index in [9.17, 15) is 29.5 Å². The van der Waals surface area contributed by atoms with Gasteiger partial charge in [0.25, 0.3) is 0 Å². The number of aromatic nitrogens is 3. The van der Waals surface area contributed by atoms with Gasteiger partial charge in [0, 0.05) is 0 Å². The van der Waals surface area contributed by atoms with Gasteiger partial charge in [-0.15, -0.1) is 0 Å². The van der Waals surface area contributed by atoms with Gasteiger partial charge in [0.05, 0.1) is 17.5 Å². The monoisotopic (exact) mass is 666 g/mol. The average Bonchev–Trinajstić information content (AvgIpc) is 3.59. The number of hydrogen-bond donors (Lipinski definition) is 3. The molecule has 0 spiro atoms. The molecular weight excluding hydrogens is 628 g/mol. The van der Waals surface area contributed by atoms with Crippen molar-refractivity contribution in [1.29, 1.82) is 5.26 Å². The molecule has 1 saturated heterocycles. The minimum atomic E-state index is -2.21. The summed E-state index contributed by atoms with van der Waals surface area (Å²) in [6, 6.07) is 12.6. The predicted octanol–water partition coefficient (Wildman–Crippen LogP) is 1.98. The Hall–Kier alpha value is -5.11. The number of nitrogens with one attached hydrogen (secondary N) is 1. The highest BCUT2D eigenvalue weighted by molar-refractivity contribution is 5.88. The molecule has 1 amide bonds. The highest BCUT2D eigenvalue weighted by atomic mass is 16.7. The van der Waals surface area contributed by atoms with Crippen LogP contribution in [0.5, 0.6) is 0 Å². The molecule has 0 radical (unpaired) electrons. The van der Waals surface area contributed by atoms with Gasteiger partial charge in [0.2, 0.25) is 12.4 Å². The standard InChI is InChI=1S/C32H38N6O10/c1-18(2)24(34)28(41)47-25-21(14-44-23(39)13-19-9-7-6-8-10-19)48-32(15-33,26(25)40)22-12-11-20-27(35-16-36-38(20)22)37-30(43)46-17-45-29(42)31(3,4)5/h6-12,16,18,21,24-26,40H,13-14,17,34H2,1-5H3,(H,35,36,37,43)/t21-,24?,25-,26-,32+/m1/s1. The zero-order chi connectivity index (χ0) is 35.2. The fraction of sp³-hybridized carbons (Fsp3) is 0.469. The predicted molar refractivity (Wildman–Crippen MR) is 165 cm³/mol. The number of aliphatic hydroxyl groups is 1. The molecular formula is C32H38N6O10. The second kappa shape index (κ2) is 14.8. The Morgan fingerprint density at radius 1 is 1.12 bits per heavy atom. The van der Waals surface area contributed by atoms with Gasteiger partial charge >= 0.3 is 24.0 Å². The molecule has 4 N–H and O–H groups in total. The zero-order valence-electron chi connectivity index (χ0n) is 27.1. The molecule has 16 nitrogen and oxygen atoms in total. The Labute approximate surface area is 276 Å². The topological polar surface area (TPSA) is 227 Å². The third-order valence-electron chi connectivity index (χ3n) is 7.49. The molecule has 1 unspecified atom stereocenters. The quantitative estimate of drug-likeness (QED) is 0.151. The molecule has 1 fully saturated rings. The largest absolute Gasteiger partial charge is 0.463 e. The van der Waals surface area contributed by atoms with Crippen LogP contribution in [0.25, 0.3) is 5.52 Å². The molecule has 0 aliphatic carbocycles. The van der Waals surface area contributed by atoms with E-state index in [4.69, 9.17) is 29.4 Å². The Morgan fingerprint density at radius 2 is 1.83 bits per heavy atom. The summed E-state index contributed by atoms with van der Waals surface area (Å²) >= 11 is 0. The normalized spacial score (nSPS) is 21.3. The number of nitrogens with two attached hydrogens (primary N) is 1. The number of rotatable bonds is 11. The number of nitrogens with zero attached hydrogens (tertiary/aromatic N) is 4. The van der Waals surface area contributed by atoms with Crippen molar-refractivity contribution >= 4 is 35.3 Å². The lowest BCUT2D eigenvalue weighted by molar-refractivity contribution is -0.162. The number of anilines is 1. The van der Waals surface area contributed by atoms with Crippen LogP contribution in [0.1, 0.15) is 45.9 Å². The molecule has 0 saturated carbocycles. The molecule has 48 heavy (non-hydrogen) atoms. The zero-order valence-corrected chi connectivity index (χ0v) is 27.1. The van der Waals surface area contributed by atoms with E-state index in [1.165, 1.54) is 16.6 Å². The van der Waals surface area contributed by atoms with Crippen LogP contribution in [-0.4, -0.2) is 81.5 Å². The van der Waals surface area contributed by atoms with Crippen molar-refractivity contribution in [3.8, 4) is 6.07 Å². The van der Waals surface area contributed by atoms with Gasteiger partial charge in [0.1, 0.15) is 42.8 Å². The first kappa shape index (κ1) is 35.7. The van der Waals surface area contributed by atoms with E-state index in [0.717, 1.165) is 6.33 Å². The fourth-order valence-corrected chi connectivity index (χ4v) is 4.71. The van der Waals surface area contributed by atoms with Crippen LogP contribution in [0.15, 0.2) is 48.8 Å². The second-order valence-electron chi connectivity index (χ2n) is 12.4. The van der Waals surface area contributed by atoms with E-state index in [1.54, 1.807) is 65.0 Å². The number of fused-ring (bicyclic) bond motifs is 1. The van der Waals surface area contributed by atoms with E-state index >= 15 is 0 Å². The van der Waals surface area contributed by atoms with E-state index in [0.29, 0.717) is 5.56 Å². The lowest BCUT2D eigenvalue weighted by atomic mass is 9.92. The second-order valence-corrected chi connectivity index (χ2v) is 12.4. The van der Waals surface area contributed by atoms with Crippen molar-refractivity contribution in [2.75, 3.05) is 18.7 Å². The summed E-state index contributed by atoms with van der Waals surface area (Å²) in [5, 5.41) is 28.6. The molecule has 4 rings (SSSR count). The summed E-state index contributed by atoms with van der Waals surface area (Å²) in [7, 11) is 0. The van der Waals surface area contributed by atoms with Crippen LogP contribution in [0.2, 0.25) is 0 Å². The number of ether oxygens (including phenoxy) is 5. The molecule has 256 valence electrons. The number of hydrogen-bond acceptors (Lipinski definition) is 14. The molecule has 5 atom stereocenters. The Morgan fingerprint density at radius 3 is 2.48 bits per heavy atom. The summed E-state index contributed by atoms with van der Waals surface area (Å²) in [6.07, 6.45) is -4.57. The molecule has 2 aromatic heterocycles. The van der Waals surface area contributed by atoms with Crippen molar-refractivity contribution in [2.45, 2.75) is 71.0 Å². The van der Waals surface area contributed by atoms with Crippen LogP contribution in [0, 0.1) is 22.7 Å². The van der Waals surface area contributed by atoms with Gasteiger partial charge in [-0.3, -0.25) is 19.7 Å². The highest BCUT2D eigenvalue weighted by Gasteiger charge is 2.60. The van der Waals surface area contributed by atoms with Crippen molar-refractivity contribution in [3.63, 3.8) is 0 Å². The van der Waals surface area contributed by atoms with Gasteiger partial charge in [-0.05, 0) is 44.4 Å². The first-order valence-corrected chi connectivity index (χ1v) is 15.0. The maximum absolute atomic E-state index is 12.9. The number of nitriles is 1. The van der Waals surface area contributed by atoms with Gasteiger partial charge in [-0.25, -0.2) is 14.3 Å². The molecule has 1 aliphatic heterocycles. The summed E-state index contributed by atoms with van der Waals surface area (Å²) < 4.78 is 28.2. The lowest BCUT2D eigenvalue weighted by Crippen LogP contribution is -2.46. The Kier molecular flexibility index (Phi) is 11.0. The number of aliphatic hydroxyl groups excluding tert-OH is 1. The molecule has 0 bridgehead atoms. The summed E-state index contributed by atoms with van der Waals surface area (Å²) in [5.74, 6) is -2.41. The SMILES string of the molecule is CC(C)C(N)C(=O)O[C@H]1[C@@H](O)[C@](C#N)(c2ccc3c(NC(=O)OCOC(=O)C(C)(C)C)ncnn23)O[C@@H]1COC(=O)Cc1ccccc1. The number of benzene rings is 1. The smallest absolute Gasteiger partial charge is 0.415 e. The van der Waals surface area contributed by atoms with Crippen molar-refractivity contribution in [2.24, 2.45) is 17.1 Å². The van der Waals surface area contributed by atoms with E-state index < -0.39 is 72.8 Å². The third kappa shape index (κ3) is 7.88. The molecule has 3 heterocycles. The van der Waals surface area contributed by atoms with Gasteiger partial charge in [-0.1, -0.05) is 44.2 Å². The van der Waals surface area contributed by atoms with E-state index in [2.05, 4.69) is 15.4 Å². The maximum Gasteiger partial charge on any atom is 0.415 e. The maximum atomic E-state index is 12.9. The molecule has 3 aromatic rings. The molecule has 16 heteroatoms. The molecule has 1 aromatic carbocycles. The molecule has 1 aliphatic rings. The van der Waals surface area contributed by atoms with Crippen molar-refractivity contribution in [3.05, 3.63) is 60.0 Å².